The van der Waals surface area contributed by atoms with Gasteiger partial charge >= 0.3 is 0 Å². The van der Waals surface area contributed by atoms with Crippen molar-refractivity contribution in [2.45, 2.75) is 24.7 Å². The van der Waals surface area contributed by atoms with Crippen LogP contribution in [0.4, 0.5) is 0 Å². The molecule has 1 aliphatic carbocycles. The molecule has 0 fully saturated rings. The van der Waals surface area contributed by atoms with Crippen LogP contribution in [0.2, 0.25) is 0 Å². The van der Waals surface area contributed by atoms with E-state index in [0.717, 1.165) is 0 Å². The zero-order chi connectivity index (χ0) is 12.2. The molecule has 0 aromatic carbocycles. The number of allylic oxidation sites excluding steroid dienone is 2. The third-order valence-corrected chi connectivity index (χ3v) is 5.53. The number of thiophene rings is 1. The molecule has 2 aliphatic rings. The second-order valence-electron chi connectivity index (χ2n) is 4.23. The van der Waals surface area contributed by atoms with Gasteiger partial charge in [0.05, 0.1) is 15.9 Å². The van der Waals surface area contributed by atoms with E-state index in [9.17, 15) is 14.7 Å². The van der Waals surface area contributed by atoms with Crippen LogP contribution in [0.1, 0.15) is 33.4 Å². The zero-order valence-corrected chi connectivity index (χ0v) is 10.7. The first-order valence-electron chi connectivity index (χ1n) is 5.34. The summed E-state index contributed by atoms with van der Waals surface area (Å²) in [7, 11) is 0. The molecule has 0 spiro atoms. The van der Waals surface area contributed by atoms with Gasteiger partial charge in [-0.3, -0.25) is 9.59 Å². The molecule has 2 unspecified atom stereocenters. The number of hydrogen-bond acceptors (Lipinski definition) is 5. The molecule has 0 amide bonds. The number of fused-ring (bicyclic) bond motifs is 1. The smallest absolute Gasteiger partial charge is 0.201 e. The minimum absolute atomic E-state index is 0.0275. The van der Waals surface area contributed by atoms with Crippen LogP contribution >= 0.6 is 23.1 Å². The Morgan fingerprint density at radius 3 is 2.88 bits per heavy atom. The van der Waals surface area contributed by atoms with E-state index in [1.165, 1.54) is 23.1 Å². The van der Waals surface area contributed by atoms with E-state index in [0.29, 0.717) is 27.3 Å². The summed E-state index contributed by atoms with van der Waals surface area (Å²) in [6.45, 7) is 1.70. The largest absolute Gasteiger partial charge is 0.392 e. The molecule has 1 aliphatic heterocycles. The molecule has 17 heavy (non-hydrogen) atoms. The van der Waals surface area contributed by atoms with Gasteiger partial charge in [-0.1, -0.05) is 0 Å². The van der Waals surface area contributed by atoms with E-state index >= 15 is 0 Å². The molecule has 0 bridgehead atoms. The maximum Gasteiger partial charge on any atom is 0.201 e. The molecule has 3 nitrogen and oxygen atoms in total. The van der Waals surface area contributed by atoms with Gasteiger partial charge in [0.2, 0.25) is 11.6 Å². The number of thioether (sulfide) groups is 1. The molecule has 1 N–H and O–H groups in total. The van der Waals surface area contributed by atoms with Gasteiger partial charge in [0.15, 0.2) is 0 Å². The Balaban J connectivity index is 2.04. The lowest BCUT2D eigenvalue weighted by atomic mass is 9.93. The molecule has 5 heteroatoms. The molecule has 88 valence electrons. The average molecular weight is 266 g/mol. The highest BCUT2D eigenvalue weighted by molar-refractivity contribution is 8.05. The fourth-order valence-electron chi connectivity index (χ4n) is 2.14. The van der Waals surface area contributed by atoms with Crippen LogP contribution < -0.4 is 0 Å². The second kappa shape index (κ2) is 3.80. The normalized spacial score (nSPS) is 24.9. The van der Waals surface area contributed by atoms with Crippen molar-refractivity contribution in [2.24, 2.45) is 0 Å². The van der Waals surface area contributed by atoms with Gasteiger partial charge < -0.3 is 5.11 Å². The van der Waals surface area contributed by atoms with Gasteiger partial charge in [0, 0.05) is 16.4 Å². The highest BCUT2D eigenvalue weighted by Gasteiger charge is 2.40. The Kier molecular flexibility index (Phi) is 2.50. The van der Waals surface area contributed by atoms with Crippen LogP contribution in [0.5, 0.6) is 0 Å². The quantitative estimate of drug-likeness (QED) is 0.847. The van der Waals surface area contributed by atoms with Crippen molar-refractivity contribution in [2.75, 3.05) is 0 Å². The summed E-state index contributed by atoms with van der Waals surface area (Å²) in [4.78, 5) is 25.4. The number of carbonyl (C=O) groups excluding carboxylic acids is 2. The summed E-state index contributed by atoms with van der Waals surface area (Å²) in [5, 5.41) is 11.3. The number of carbonyl (C=O) groups is 2. The van der Waals surface area contributed by atoms with E-state index in [1.54, 1.807) is 18.4 Å². The molecule has 1 aromatic heterocycles. The Bertz CT molecular complexity index is 511. The van der Waals surface area contributed by atoms with Crippen molar-refractivity contribution in [1.29, 1.82) is 0 Å². The molecule has 1 aromatic rings. The lowest BCUT2D eigenvalue weighted by Crippen LogP contribution is -2.18. The van der Waals surface area contributed by atoms with Crippen LogP contribution in [0, 0.1) is 0 Å². The summed E-state index contributed by atoms with van der Waals surface area (Å²) in [6, 6.07) is 1.71. The third-order valence-electron chi connectivity index (χ3n) is 3.08. The number of aliphatic hydroxyl groups is 1. The standard InChI is InChI=1S/C12H10O3S2/c1-5(13)8-4-7-10(15)11-6(2-3-16-11)9(14)12(7)17-8/h2-3,5,8,13H,4H2,1H3. The molecule has 3 rings (SSSR count). The van der Waals surface area contributed by atoms with Crippen molar-refractivity contribution in [1.82, 2.24) is 0 Å². The highest BCUT2D eigenvalue weighted by atomic mass is 32.2. The highest BCUT2D eigenvalue weighted by Crippen LogP contribution is 2.46. The van der Waals surface area contributed by atoms with Crippen LogP contribution in [-0.4, -0.2) is 28.0 Å². The van der Waals surface area contributed by atoms with Crippen molar-refractivity contribution in [3.8, 4) is 0 Å². The van der Waals surface area contributed by atoms with Crippen molar-refractivity contribution >= 4 is 34.7 Å². The number of hydrogen-bond donors (Lipinski definition) is 1. The van der Waals surface area contributed by atoms with Crippen LogP contribution in [0.15, 0.2) is 21.9 Å². The van der Waals surface area contributed by atoms with E-state index in [4.69, 9.17) is 0 Å². The summed E-state index contributed by atoms with van der Waals surface area (Å²) in [5.41, 5.74) is 1.12. The first-order valence-corrected chi connectivity index (χ1v) is 7.10. The van der Waals surface area contributed by atoms with Crippen LogP contribution in [0.25, 0.3) is 0 Å². The number of ketones is 2. The zero-order valence-electron chi connectivity index (χ0n) is 9.10. The summed E-state index contributed by atoms with van der Waals surface area (Å²) < 4.78 is 0. The van der Waals surface area contributed by atoms with Crippen LogP contribution in [0.3, 0.4) is 0 Å². The first kappa shape index (κ1) is 11.2. The van der Waals surface area contributed by atoms with Gasteiger partial charge in [-0.15, -0.1) is 23.1 Å². The Hall–Kier alpha value is -0.910. The molecule has 2 heterocycles. The molecule has 2 atom stereocenters. The lowest BCUT2D eigenvalue weighted by Gasteiger charge is -2.11. The fourth-order valence-corrected chi connectivity index (χ4v) is 4.28. The van der Waals surface area contributed by atoms with Crippen molar-refractivity contribution in [3.63, 3.8) is 0 Å². The van der Waals surface area contributed by atoms with Gasteiger partial charge in [-0.25, -0.2) is 0 Å². The molecule has 0 saturated heterocycles. The van der Waals surface area contributed by atoms with Gasteiger partial charge in [0.1, 0.15) is 0 Å². The summed E-state index contributed by atoms with van der Waals surface area (Å²) >= 11 is 2.66. The van der Waals surface area contributed by atoms with E-state index in [-0.39, 0.29) is 16.8 Å². The first-order chi connectivity index (χ1) is 8.09. The minimum Gasteiger partial charge on any atom is -0.392 e. The fraction of sp³-hybridized carbons (Fsp3) is 0.333. The van der Waals surface area contributed by atoms with Gasteiger partial charge in [0.25, 0.3) is 0 Å². The summed E-state index contributed by atoms with van der Waals surface area (Å²) in [5.74, 6) is -0.0794. The molecular formula is C12H10O3S2. The van der Waals surface area contributed by atoms with Crippen molar-refractivity contribution in [3.05, 3.63) is 32.4 Å². The van der Waals surface area contributed by atoms with Gasteiger partial charge in [-0.05, 0) is 24.8 Å². The Morgan fingerprint density at radius 2 is 2.18 bits per heavy atom. The van der Waals surface area contributed by atoms with E-state index < -0.39 is 6.10 Å². The van der Waals surface area contributed by atoms with Crippen molar-refractivity contribution < 1.29 is 14.7 Å². The third kappa shape index (κ3) is 1.53. The SMILES string of the molecule is CC(O)C1CC2=C(S1)C(=O)c1ccsc1C2=O. The predicted octanol–water partition coefficient (Wildman–Crippen LogP) is 2.27. The number of rotatable bonds is 1. The summed E-state index contributed by atoms with van der Waals surface area (Å²) in [6.07, 6.45) is -0.0104. The molecule has 0 saturated carbocycles. The van der Waals surface area contributed by atoms with Gasteiger partial charge in [-0.2, -0.15) is 0 Å². The Morgan fingerprint density at radius 1 is 1.41 bits per heavy atom. The second-order valence-corrected chi connectivity index (χ2v) is 6.40. The minimum atomic E-state index is -0.510. The lowest BCUT2D eigenvalue weighted by molar-refractivity contribution is 0.0982. The van der Waals surface area contributed by atoms with Crippen LogP contribution in [-0.2, 0) is 0 Å². The monoisotopic (exact) mass is 266 g/mol. The number of aliphatic hydroxyl groups excluding tert-OH is 1. The predicted molar refractivity (Wildman–Crippen MR) is 67.7 cm³/mol. The Labute approximate surface area is 107 Å². The molecular weight excluding hydrogens is 256 g/mol. The van der Waals surface area contributed by atoms with E-state index in [1.807, 2.05) is 0 Å². The maximum atomic E-state index is 12.2. The molecule has 0 radical (unpaired) electrons. The topological polar surface area (TPSA) is 54.4 Å². The number of Topliss-reactive ketones (excluding diaryl/α,β-unsaturated/α-hetero) is 2. The average Bonchev–Trinajstić information content (AvgIpc) is 2.92. The maximum absolute atomic E-state index is 12.2. The van der Waals surface area contributed by atoms with E-state index in [2.05, 4.69) is 0 Å².